The van der Waals surface area contributed by atoms with Crippen LogP contribution in [0.25, 0.3) is 0 Å². The lowest BCUT2D eigenvalue weighted by Gasteiger charge is -2.23. The lowest BCUT2D eigenvalue weighted by Crippen LogP contribution is -2.11. The fourth-order valence-electron chi connectivity index (χ4n) is 2.53. The SMILES string of the molecule is Cc1ccc(N)cc1OC(c1ccc(Cl)cc1)c1ccc(Cl)cc1Cl. The Morgan fingerprint density at radius 2 is 1.52 bits per heavy atom. The van der Waals surface area contributed by atoms with E-state index in [0.717, 1.165) is 16.7 Å². The molecule has 0 fully saturated rings. The van der Waals surface area contributed by atoms with Crippen LogP contribution in [0.2, 0.25) is 15.1 Å². The van der Waals surface area contributed by atoms with Crippen LogP contribution < -0.4 is 10.5 Å². The molecule has 0 saturated carbocycles. The van der Waals surface area contributed by atoms with Gasteiger partial charge >= 0.3 is 0 Å². The van der Waals surface area contributed by atoms with E-state index in [4.69, 9.17) is 45.3 Å². The molecule has 3 rings (SSSR count). The maximum Gasteiger partial charge on any atom is 0.150 e. The third kappa shape index (κ3) is 4.21. The Hall–Kier alpha value is -1.87. The van der Waals surface area contributed by atoms with E-state index in [1.54, 1.807) is 12.1 Å². The summed E-state index contributed by atoms with van der Waals surface area (Å²) in [6.07, 6.45) is -0.414. The smallest absolute Gasteiger partial charge is 0.150 e. The van der Waals surface area contributed by atoms with E-state index in [-0.39, 0.29) is 0 Å². The molecule has 2 N–H and O–H groups in total. The Balaban J connectivity index is 2.08. The molecule has 0 aromatic heterocycles. The van der Waals surface area contributed by atoms with E-state index in [0.29, 0.717) is 26.5 Å². The first-order valence-corrected chi connectivity index (χ1v) is 8.80. The summed E-state index contributed by atoms with van der Waals surface area (Å²) >= 11 is 18.5. The number of nitrogens with two attached hydrogens (primary N) is 1. The van der Waals surface area contributed by atoms with Gasteiger partial charge in [-0.2, -0.15) is 0 Å². The molecule has 1 unspecified atom stereocenters. The van der Waals surface area contributed by atoms with Crippen molar-refractivity contribution in [2.75, 3.05) is 5.73 Å². The van der Waals surface area contributed by atoms with Gasteiger partial charge in [0.2, 0.25) is 0 Å². The first-order valence-electron chi connectivity index (χ1n) is 7.67. The van der Waals surface area contributed by atoms with Gasteiger partial charge < -0.3 is 10.5 Å². The van der Waals surface area contributed by atoms with E-state index < -0.39 is 6.10 Å². The van der Waals surface area contributed by atoms with Gasteiger partial charge in [0.25, 0.3) is 0 Å². The molecule has 5 heteroatoms. The monoisotopic (exact) mass is 391 g/mol. The van der Waals surface area contributed by atoms with Gasteiger partial charge in [-0.15, -0.1) is 0 Å². The average Bonchev–Trinajstić information content (AvgIpc) is 2.57. The van der Waals surface area contributed by atoms with Gasteiger partial charge in [0, 0.05) is 32.4 Å². The molecule has 0 radical (unpaired) electrons. The van der Waals surface area contributed by atoms with Crippen LogP contribution in [0.15, 0.2) is 60.7 Å². The fourth-order valence-corrected chi connectivity index (χ4v) is 3.17. The topological polar surface area (TPSA) is 35.2 Å². The van der Waals surface area contributed by atoms with Crippen LogP contribution in [0.3, 0.4) is 0 Å². The third-order valence-electron chi connectivity index (χ3n) is 3.87. The molecule has 0 aliphatic rings. The lowest BCUT2D eigenvalue weighted by atomic mass is 10.0. The molecular weight excluding hydrogens is 377 g/mol. The number of aryl methyl sites for hydroxylation is 1. The Labute approximate surface area is 162 Å². The number of anilines is 1. The quantitative estimate of drug-likeness (QED) is 0.501. The number of rotatable bonds is 4. The number of hydrogen-bond donors (Lipinski definition) is 1. The Morgan fingerprint density at radius 3 is 2.20 bits per heavy atom. The van der Waals surface area contributed by atoms with Crippen LogP contribution in [0, 0.1) is 6.92 Å². The van der Waals surface area contributed by atoms with E-state index in [2.05, 4.69) is 0 Å². The van der Waals surface area contributed by atoms with Crippen molar-refractivity contribution in [1.29, 1.82) is 0 Å². The van der Waals surface area contributed by atoms with Crippen molar-refractivity contribution in [2.45, 2.75) is 13.0 Å². The molecule has 0 spiro atoms. The molecule has 3 aromatic rings. The maximum atomic E-state index is 6.43. The van der Waals surface area contributed by atoms with Gasteiger partial charge in [-0.05, 0) is 48.4 Å². The zero-order valence-electron chi connectivity index (χ0n) is 13.5. The van der Waals surface area contributed by atoms with Crippen LogP contribution in [-0.2, 0) is 0 Å². The second kappa shape index (κ2) is 7.57. The summed E-state index contributed by atoms with van der Waals surface area (Å²) in [4.78, 5) is 0. The highest BCUT2D eigenvalue weighted by Crippen LogP contribution is 2.36. The minimum absolute atomic E-state index is 0.414. The number of hydrogen-bond acceptors (Lipinski definition) is 2. The van der Waals surface area contributed by atoms with Crippen molar-refractivity contribution in [3.63, 3.8) is 0 Å². The van der Waals surface area contributed by atoms with Crippen LogP contribution in [-0.4, -0.2) is 0 Å². The first kappa shape index (κ1) is 17.9. The van der Waals surface area contributed by atoms with E-state index in [9.17, 15) is 0 Å². The second-order valence-electron chi connectivity index (χ2n) is 5.74. The van der Waals surface area contributed by atoms with Gasteiger partial charge in [-0.3, -0.25) is 0 Å². The normalized spacial score (nSPS) is 12.0. The molecule has 25 heavy (non-hydrogen) atoms. The number of halogens is 3. The Bertz CT molecular complexity index is 894. The first-order chi connectivity index (χ1) is 11.9. The fraction of sp³-hybridized carbons (Fsp3) is 0.100. The summed E-state index contributed by atoms with van der Waals surface area (Å²) in [5, 5.41) is 1.77. The highest BCUT2D eigenvalue weighted by Gasteiger charge is 2.20. The highest BCUT2D eigenvalue weighted by molar-refractivity contribution is 6.35. The third-order valence-corrected chi connectivity index (χ3v) is 4.69. The van der Waals surface area contributed by atoms with E-state index in [1.807, 2.05) is 55.5 Å². The summed E-state index contributed by atoms with van der Waals surface area (Å²) < 4.78 is 6.31. The molecule has 0 aliphatic carbocycles. The largest absolute Gasteiger partial charge is 0.481 e. The van der Waals surface area contributed by atoms with Crippen LogP contribution >= 0.6 is 34.8 Å². The van der Waals surface area contributed by atoms with Gasteiger partial charge in [0.05, 0.1) is 0 Å². The number of nitrogen functional groups attached to an aromatic ring is 1. The highest BCUT2D eigenvalue weighted by atomic mass is 35.5. The summed E-state index contributed by atoms with van der Waals surface area (Å²) in [7, 11) is 0. The minimum atomic E-state index is -0.414. The van der Waals surface area contributed by atoms with E-state index >= 15 is 0 Å². The van der Waals surface area contributed by atoms with Crippen molar-refractivity contribution >= 4 is 40.5 Å². The van der Waals surface area contributed by atoms with Crippen molar-refractivity contribution in [3.05, 3.63) is 92.4 Å². The molecule has 128 valence electrons. The summed E-state index contributed by atoms with van der Waals surface area (Å²) in [5.74, 6) is 0.700. The van der Waals surface area contributed by atoms with Crippen molar-refractivity contribution in [2.24, 2.45) is 0 Å². The molecule has 0 heterocycles. The number of ether oxygens (including phenoxy) is 1. The lowest BCUT2D eigenvalue weighted by molar-refractivity contribution is 0.246. The molecule has 2 nitrogen and oxygen atoms in total. The Kier molecular flexibility index (Phi) is 5.43. The van der Waals surface area contributed by atoms with Crippen LogP contribution in [0.5, 0.6) is 5.75 Å². The van der Waals surface area contributed by atoms with Gasteiger partial charge in [0.1, 0.15) is 5.75 Å². The molecule has 1 atom stereocenters. The molecule has 0 bridgehead atoms. The summed E-state index contributed by atoms with van der Waals surface area (Å²) in [5.41, 5.74) is 9.27. The van der Waals surface area contributed by atoms with Gasteiger partial charge in [0.15, 0.2) is 6.10 Å². The molecule has 3 aromatic carbocycles. The van der Waals surface area contributed by atoms with Crippen LogP contribution in [0.4, 0.5) is 5.69 Å². The second-order valence-corrected chi connectivity index (χ2v) is 7.02. The number of benzene rings is 3. The maximum absolute atomic E-state index is 6.43. The molecule has 0 amide bonds. The molecule has 0 saturated heterocycles. The standard InChI is InChI=1S/C20H16Cl3NO/c1-12-2-8-16(24)11-19(12)25-20(13-3-5-14(21)6-4-13)17-9-7-15(22)10-18(17)23/h2-11,20H,24H2,1H3. The average molecular weight is 393 g/mol. The van der Waals surface area contributed by atoms with Crippen molar-refractivity contribution < 1.29 is 4.74 Å². The van der Waals surface area contributed by atoms with Crippen LogP contribution in [0.1, 0.15) is 22.8 Å². The van der Waals surface area contributed by atoms with E-state index in [1.165, 1.54) is 0 Å². The zero-order valence-corrected chi connectivity index (χ0v) is 15.7. The van der Waals surface area contributed by atoms with Gasteiger partial charge in [-0.1, -0.05) is 59.1 Å². The molecule has 0 aliphatic heterocycles. The summed E-state index contributed by atoms with van der Waals surface area (Å²) in [6, 6.07) is 18.4. The Morgan fingerprint density at radius 1 is 0.840 bits per heavy atom. The zero-order chi connectivity index (χ0) is 18.0. The predicted molar refractivity (Wildman–Crippen MR) is 106 cm³/mol. The van der Waals surface area contributed by atoms with Gasteiger partial charge in [-0.25, -0.2) is 0 Å². The predicted octanol–water partition coefficient (Wildman–Crippen LogP) is 6.71. The summed E-state index contributed by atoms with van der Waals surface area (Å²) in [6.45, 7) is 1.97. The van der Waals surface area contributed by atoms with Crippen molar-refractivity contribution in [3.8, 4) is 5.75 Å². The molecular formula is C20H16Cl3NO. The minimum Gasteiger partial charge on any atom is -0.481 e. The van der Waals surface area contributed by atoms with Crippen molar-refractivity contribution in [1.82, 2.24) is 0 Å².